The minimum absolute atomic E-state index is 0.190. The molecule has 138 valence electrons. The number of ether oxygens (including phenoxy) is 2. The lowest BCUT2D eigenvalue weighted by molar-refractivity contribution is -0.152. The van der Waals surface area contributed by atoms with E-state index in [-0.39, 0.29) is 11.9 Å². The van der Waals surface area contributed by atoms with Gasteiger partial charge in [-0.05, 0) is 44.0 Å². The number of esters is 2. The Morgan fingerprint density at radius 3 is 2.76 bits per heavy atom. The lowest BCUT2D eigenvalue weighted by Gasteiger charge is -2.34. The Hall–Kier alpha value is -1.99. The molecule has 0 unspecified atom stereocenters. The van der Waals surface area contributed by atoms with Crippen LogP contribution in [-0.4, -0.2) is 60.3 Å². The molecule has 0 radical (unpaired) electrons. The number of carbonyl (C=O) groups excluding carboxylic acids is 2. The predicted octanol–water partition coefficient (Wildman–Crippen LogP) is 1.18. The van der Waals surface area contributed by atoms with Crippen LogP contribution in [0.2, 0.25) is 0 Å². The number of rotatable bonds is 7. The van der Waals surface area contributed by atoms with E-state index in [4.69, 9.17) is 9.47 Å². The molecule has 0 aromatic carbocycles. The second-order valence-corrected chi connectivity index (χ2v) is 6.21. The molecule has 7 heteroatoms. The van der Waals surface area contributed by atoms with Crippen LogP contribution in [0.1, 0.15) is 31.4 Å². The first-order valence-corrected chi connectivity index (χ1v) is 8.61. The zero-order valence-corrected chi connectivity index (χ0v) is 14.8. The maximum Gasteiger partial charge on any atom is 0.312 e. The van der Waals surface area contributed by atoms with E-state index in [0.717, 1.165) is 19.4 Å². The maximum atomic E-state index is 12.2. The molecule has 1 aliphatic heterocycles. The number of aromatic nitrogens is 1. The third kappa shape index (κ3) is 5.24. The number of piperidine rings is 1. The third-order valence-electron chi connectivity index (χ3n) is 4.51. The van der Waals surface area contributed by atoms with Gasteiger partial charge in [0.25, 0.3) is 0 Å². The van der Waals surface area contributed by atoms with Crippen LogP contribution in [0.4, 0.5) is 0 Å². The van der Waals surface area contributed by atoms with Crippen molar-refractivity contribution in [2.24, 2.45) is 11.8 Å². The van der Waals surface area contributed by atoms with E-state index >= 15 is 0 Å². The summed E-state index contributed by atoms with van der Waals surface area (Å²) in [5.41, 5.74) is 0.615. The fourth-order valence-corrected chi connectivity index (χ4v) is 3.20. The zero-order valence-electron chi connectivity index (χ0n) is 14.8. The summed E-state index contributed by atoms with van der Waals surface area (Å²) in [6, 6.07) is 3.36. The highest BCUT2D eigenvalue weighted by Crippen LogP contribution is 2.26. The summed E-state index contributed by atoms with van der Waals surface area (Å²) >= 11 is 0. The monoisotopic (exact) mass is 350 g/mol. The quantitative estimate of drug-likeness (QED) is 0.739. The van der Waals surface area contributed by atoms with Crippen LogP contribution < -0.4 is 0 Å². The number of hydrogen-bond donors (Lipinski definition) is 1. The van der Waals surface area contributed by atoms with Crippen molar-refractivity contribution in [1.82, 2.24) is 9.88 Å². The van der Waals surface area contributed by atoms with Gasteiger partial charge in [-0.15, -0.1) is 0 Å². The SMILES string of the molecule is CCOC(=O)[C@@H]1CCCN(C[C@H](C(=O)OC)[C@H](O)c2ccncc2)C1. The molecule has 0 spiro atoms. The number of nitrogens with zero attached hydrogens (tertiary/aromatic N) is 2. The van der Waals surface area contributed by atoms with Gasteiger partial charge in [-0.1, -0.05) is 0 Å². The van der Waals surface area contributed by atoms with Crippen molar-refractivity contribution in [2.45, 2.75) is 25.9 Å². The lowest BCUT2D eigenvalue weighted by atomic mass is 9.93. The molecule has 2 rings (SSSR count). The smallest absolute Gasteiger partial charge is 0.312 e. The first kappa shape index (κ1) is 19.3. The summed E-state index contributed by atoms with van der Waals surface area (Å²) in [5.74, 6) is -1.59. The van der Waals surface area contributed by atoms with Crippen LogP contribution >= 0.6 is 0 Å². The van der Waals surface area contributed by atoms with E-state index < -0.39 is 18.0 Å². The molecule has 1 N–H and O–H groups in total. The Kier molecular flexibility index (Phi) is 7.33. The average molecular weight is 350 g/mol. The number of aliphatic hydroxyl groups is 1. The van der Waals surface area contributed by atoms with Crippen LogP contribution in [0.5, 0.6) is 0 Å². The molecule has 1 aliphatic rings. The zero-order chi connectivity index (χ0) is 18.2. The number of hydrogen-bond acceptors (Lipinski definition) is 7. The molecule has 1 aromatic heterocycles. The molecule has 3 atom stereocenters. The minimum Gasteiger partial charge on any atom is -0.469 e. The van der Waals surface area contributed by atoms with Crippen molar-refractivity contribution in [3.8, 4) is 0 Å². The number of carbonyl (C=O) groups is 2. The Balaban J connectivity index is 2.06. The molecular weight excluding hydrogens is 324 g/mol. The van der Waals surface area contributed by atoms with Gasteiger partial charge in [-0.2, -0.15) is 0 Å². The average Bonchev–Trinajstić information content (AvgIpc) is 2.66. The summed E-state index contributed by atoms with van der Waals surface area (Å²) in [4.78, 5) is 30.1. The highest BCUT2D eigenvalue weighted by molar-refractivity contribution is 5.74. The van der Waals surface area contributed by atoms with Crippen LogP contribution in [-0.2, 0) is 19.1 Å². The molecule has 1 saturated heterocycles. The van der Waals surface area contributed by atoms with Gasteiger partial charge in [0.05, 0.1) is 31.7 Å². The first-order chi connectivity index (χ1) is 12.1. The normalized spacial score (nSPS) is 20.5. The number of aliphatic hydroxyl groups excluding tert-OH is 1. The first-order valence-electron chi connectivity index (χ1n) is 8.61. The van der Waals surface area contributed by atoms with E-state index in [0.29, 0.717) is 25.3 Å². The van der Waals surface area contributed by atoms with Crippen molar-refractivity contribution in [3.63, 3.8) is 0 Å². The number of pyridine rings is 1. The number of likely N-dealkylation sites (tertiary alicyclic amines) is 1. The second kappa shape index (κ2) is 9.48. The molecule has 0 amide bonds. The molecule has 0 bridgehead atoms. The van der Waals surface area contributed by atoms with Gasteiger partial charge >= 0.3 is 11.9 Å². The van der Waals surface area contributed by atoms with Crippen molar-refractivity contribution in [3.05, 3.63) is 30.1 Å². The van der Waals surface area contributed by atoms with Crippen LogP contribution in [0.3, 0.4) is 0 Å². The molecule has 7 nitrogen and oxygen atoms in total. The summed E-state index contributed by atoms with van der Waals surface area (Å²) in [6.45, 7) is 3.77. The van der Waals surface area contributed by atoms with Crippen LogP contribution in [0.15, 0.2) is 24.5 Å². The second-order valence-electron chi connectivity index (χ2n) is 6.21. The summed E-state index contributed by atoms with van der Waals surface area (Å²) in [6.07, 6.45) is 3.79. The van der Waals surface area contributed by atoms with Crippen molar-refractivity contribution in [1.29, 1.82) is 0 Å². The van der Waals surface area contributed by atoms with E-state index in [2.05, 4.69) is 4.98 Å². The van der Waals surface area contributed by atoms with E-state index in [9.17, 15) is 14.7 Å². The van der Waals surface area contributed by atoms with Crippen molar-refractivity contribution < 1.29 is 24.2 Å². The van der Waals surface area contributed by atoms with E-state index in [1.165, 1.54) is 7.11 Å². The fraction of sp³-hybridized carbons (Fsp3) is 0.611. The van der Waals surface area contributed by atoms with E-state index in [1.807, 2.05) is 4.90 Å². The molecule has 0 saturated carbocycles. The predicted molar refractivity (Wildman–Crippen MR) is 90.5 cm³/mol. The van der Waals surface area contributed by atoms with Gasteiger partial charge < -0.3 is 19.5 Å². The summed E-state index contributed by atoms with van der Waals surface area (Å²) < 4.78 is 9.98. The molecular formula is C18H26N2O5. The van der Waals surface area contributed by atoms with Gasteiger partial charge in [0, 0.05) is 25.5 Å². The van der Waals surface area contributed by atoms with Gasteiger partial charge in [-0.3, -0.25) is 14.6 Å². The van der Waals surface area contributed by atoms with Crippen molar-refractivity contribution in [2.75, 3.05) is 33.4 Å². The summed E-state index contributed by atoms with van der Waals surface area (Å²) in [7, 11) is 1.31. The molecule has 1 fully saturated rings. The van der Waals surface area contributed by atoms with Gasteiger partial charge in [0.2, 0.25) is 0 Å². The van der Waals surface area contributed by atoms with Gasteiger partial charge in [0.1, 0.15) is 0 Å². The standard InChI is InChI=1S/C18H26N2O5/c1-3-25-17(22)14-5-4-10-20(11-14)12-15(18(23)24-2)16(21)13-6-8-19-9-7-13/h6-9,14-16,21H,3-5,10-12H2,1-2H3/t14-,15+,16-/m1/s1. The Morgan fingerprint density at radius 2 is 2.12 bits per heavy atom. The molecule has 2 heterocycles. The van der Waals surface area contributed by atoms with Crippen LogP contribution in [0, 0.1) is 11.8 Å². The van der Waals surface area contributed by atoms with Crippen molar-refractivity contribution >= 4 is 11.9 Å². The Morgan fingerprint density at radius 1 is 1.40 bits per heavy atom. The molecule has 0 aliphatic carbocycles. The highest BCUT2D eigenvalue weighted by atomic mass is 16.5. The Bertz CT molecular complexity index is 566. The molecule has 1 aromatic rings. The summed E-state index contributed by atoms with van der Waals surface area (Å²) in [5, 5.41) is 10.6. The number of methoxy groups -OCH3 is 1. The minimum atomic E-state index is -0.988. The third-order valence-corrected chi connectivity index (χ3v) is 4.51. The topological polar surface area (TPSA) is 89.0 Å². The maximum absolute atomic E-state index is 12.2. The van der Waals surface area contributed by atoms with E-state index in [1.54, 1.807) is 31.5 Å². The van der Waals surface area contributed by atoms with Crippen LogP contribution in [0.25, 0.3) is 0 Å². The molecule has 25 heavy (non-hydrogen) atoms. The highest BCUT2D eigenvalue weighted by Gasteiger charge is 2.34. The Labute approximate surface area is 147 Å². The van der Waals surface area contributed by atoms with Gasteiger partial charge in [0.15, 0.2) is 0 Å². The van der Waals surface area contributed by atoms with Gasteiger partial charge in [-0.25, -0.2) is 0 Å². The largest absolute Gasteiger partial charge is 0.469 e. The fourth-order valence-electron chi connectivity index (χ4n) is 3.20. The lowest BCUT2D eigenvalue weighted by Crippen LogP contribution is -2.44.